The minimum Gasteiger partial charge on any atom is -0.462 e. The molecule has 1 aliphatic heterocycles. The molecule has 1 aromatic heterocycles. The smallest absolute Gasteiger partial charge is 0.341 e. The molecule has 1 amide bonds. The first-order valence-corrected chi connectivity index (χ1v) is 13.2. The number of piperidine rings is 1. The number of rotatable bonds is 7. The standard InChI is InChI=1S/C25H35N3O5S/c1-7-28-18(5)22(25(30)33-8-2)23(19(28)6)34(31,32)27-11-9-10-20(15-27)24(29)26-21-13-16(3)12-17(4)14-21/h12-14,20H,7-11,15H2,1-6H3,(H,26,29)/t20-/m1/s1. The predicted octanol–water partition coefficient (Wildman–Crippen LogP) is 3.96. The van der Waals surface area contributed by atoms with Gasteiger partial charge in [0.15, 0.2) is 0 Å². The summed E-state index contributed by atoms with van der Waals surface area (Å²) in [6.45, 7) is 12.0. The Balaban J connectivity index is 1.91. The van der Waals surface area contributed by atoms with E-state index in [1.807, 2.05) is 43.5 Å². The maximum atomic E-state index is 13.8. The molecule has 9 heteroatoms. The van der Waals surface area contributed by atoms with Crippen molar-refractivity contribution < 1.29 is 22.7 Å². The van der Waals surface area contributed by atoms with Gasteiger partial charge >= 0.3 is 5.97 Å². The van der Waals surface area contributed by atoms with E-state index in [9.17, 15) is 18.0 Å². The molecule has 2 heterocycles. The van der Waals surface area contributed by atoms with Crippen molar-refractivity contribution in [3.05, 3.63) is 46.3 Å². The molecule has 0 radical (unpaired) electrons. The van der Waals surface area contributed by atoms with E-state index >= 15 is 0 Å². The van der Waals surface area contributed by atoms with Gasteiger partial charge in [-0.3, -0.25) is 4.79 Å². The molecule has 1 aliphatic rings. The third kappa shape index (κ3) is 5.05. The Morgan fingerprint density at radius 2 is 1.71 bits per heavy atom. The summed E-state index contributed by atoms with van der Waals surface area (Å²) in [5, 5.41) is 2.95. The zero-order valence-electron chi connectivity index (χ0n) is 20.9. The third-order valence-electron chi connectivity index (χ3n) is 6.37. The van der Waals surface area contributed by atoms with Crippen LogP contribution in [-0.2, 0) is 26.1 Å². The first kappa shape index (κ1) is 26.0. The van der Waals surface area contributed by atoms with Gasteiger partial charge in [-0.15, -0.1) is 0 Å². The van der Waals surface area contributed by atoms with E-state index in [-0.39, 0.29) is 29.5 Å². The number of aromatic nitrogens is 1. The number of nitrogens with zero attached hydrogens (tertiary/aromatic N) is 2. The van der Waals surface area contributed by atoms with Crippen LogP contribution in [0.25, 0.3) is 0 Å². The first-order chi connectivity index (χ1) is 16.0. The van der Waals surface area contributed by atoms with Gasteiger partial charge in [0.1, 0.15) is 10.5 Å². The fraction of sp³-hybridized carbons (Fsp3) is 0.520. The zero-order valence-corrected chi connectivity index (χ0v) is 21.7. The average Bonchev–Trinajstić information content (AvgIpc) is 3.03. The van der Waals surface area contributed by atoms with Crippen LogP contribution in [-0.4, -0.2) is 48.9 Å². The molecular weight excluding hydrogens is 454 g/mol. The van der Waals surface area contributed by atoms with Crippen LogP contribution in [0.3, 0.4) is 0 Å². The molecule has 0 aliphatic carbocycles. The Bertz CT molecular complexity index is 1180. The van der Waals surface area contributed by atoms with Crippen LogP contribution in [0.2, 0.25) is 0 Å². The fourth-order valence-corrected chi connectivity index (χ4v) is 6.86. The number of anilines is 1. The van der Waals surface area contributed by atoms with Crippen molar-refractivity contribution in [1.82, 2.24) is 8.87 Å². The van der Waals surface area contributed by atoms with E-state index in [0.717, 1.165) is 11.1 Å². The van der Waals surface area contributed by atoms with Crippen molar-refractivity contribution in [2.24, 2.45) is 5.92 Å². The van der Waals surface area contributed by atoms with Gasteiger partial charge in [0, 0.05) is 36.7 Å². The molecule has 1 atom stereocenters. The molecule has 0 unspecified atom stereocenters. The highest BCUT2D eigenvalue weighted by Gasteiger charge is 2.39. The molecule has 8 nitrogen and oxygen atoms in total. The zero-order chi connectivity index (χ0) is 25.2. The van der Waals surface area contributed by atoms with Crippen LogP contribution in [0.4, 0.5) is 5.69 Å². The summed E-state index contributed by atoms with van der Waals surface area (Å²) in [5.41, 5.74) is 3.95. The maximum Gasteiger partial charge on any atom is 0.341 e. The van der Waals surface area contributed by atoms with Gasteiger partial charge in [-0.1, -0.05) is 6.07 Å². The number of sulfonamides is 1. The quantitative estimate of drug-likeness (QED) is 0.594. The Hall–Kier alpha value is -2.65. The van der Waals surface area contributed by atoms with E-state index in [1.165, 1.54) is 4.31 Å². The van der Waals surface area contributed by atoms with Gasteiger partial charge in [-0.05, 0) is 77.6 Å². The number of hydrogen-bond donors (Lipinski definition) is 1. The molecule has 0 spiro atoms. The largest absolute Gasteiger partial charge is 0.462 e. The van der Waals surface area contributed by atoms with Gasteiger partial charge in [0.2, 0.25) is 15.9 Å². The van der Waals surface area contributed by atoms with E-state index in [4.69, 9.17) is 4.74 Å². The fourth-order valence-electron chi connectivity index (χ4n) is 4.88. The summed E-state index contributed by atoms with van der Waals surface area (Å²) >= 11 is 0. The molecule has 0 bridgehead atoms. The summed E-state index contributed by atoms with van der Waals surface area (Å²) in [5.74, 6) is -1.32. The molecule has 186 valence electrons. The maximum absolute atomic E-state index is 13.8. The van der Waals surface area contributed by atoms with Gasteiger partial charge in [-0.2, -0.15) is 4.31 Å². The van der Waals surface area contributed by atoms with Crippen LogP contribution >= 0.6 is 0 Å². The third-order valence-corrected chi connectivity index (χ3v) is 8.39. The number of benzene rings is 1. The average molecular weight is 490 g/mol. The monoisotopic (exact) mass is 489 g/mol. The van der Waals surface area contributed by atoms with Crippen molar-refractivity contribution in [2.45, 2.75) is 65.8 Å². The van der Waals surface area contributed by atoms with E-state index in [2.05, 4.69) is 5.32 Å². The summed E-state index contributed by atoms with van der Waals surface area (Å²) < 4.78 is 36.0. The number of carbonyl (C=O) groups is 2. The lowest BCUT2D eigenvalue weighted by atomic mass is 9.98. The molecule has 2 aromatic rings. The van der Waals surface area contributed by atoms with Gasteiger partial charge in [-0.25, -0.2) is 13.2 Å². The van der Waals surface area contributed by atoms with Crippen LogP contribution < -0.4 is 5.32 Å². The normalized spacial score (nSPS) is 16.9. The first-order valence-electron chi connectivity index (χ1n) is 11.8. The Kier molecular flexibility index (Phi) is 7.88. The molecule has 1 aromatic carbocycles. The van der Waals surface area contributed by atoms with Crippen LogP contribution in [0.1, 0.15) is 59.6 Å². The van der Waals surface area contributed by atoms with E-state index in [1.54, 1.807) is 20.8 Å². The Labute approximate surface area is 202 Å². The van der Waals surface area contributed by atoms with Crippen molar-refractivity contribution in [3.8, 4) is 0 Å². The number of carbonyl (C=O) groups excluding carboxylic acids is 2. The van der Waals surface area contributed by atoms with Gasteiger partial charge < -0.3 is 14.6 Å². The number of amides is 1. The summed E-state index contributed by atoms with van der Waals surface area (Å²) in [6, 6.07) is 5.82. The topological polar surface area (TPSA) is 97.7 Å². The summed E-state index contributed by atoms with van der Waals surface area (Å²) in [4.78, 5) is 25.8. The van der Waals surface area contributed by atoms with Crippen LogP contribution in [0.15, 0.2) is 23.1 Å². The van der Waals surface area contributed by atoms with Crippen LogP contribution in [0.5, 0.6) is 0 Å². The van der Waals surface area contributed by atoms with Crippen molar-refractivity contribution >= 4 is 27.6 Å². The number of aryl methyl sites for hydroxylation is 2. The van der Waals surface area contributed by atoms with Crippen molar-refractivity contribution in [3.63, 3.8) is 0 Å². The van der Waals surface area contributed by atoms with Crippen molar-refractivity contribution in [1.29, 1.82) is 0 Å². The van der Waals surface area contributed by atoms with Crippen LogP contribution in [0, 0.1) is 33.6 Å². The van der Waals surface area contributed by atoms with Gasteiger partial charge in [0.25, 0.3) is 0 Å². The predicted molar refractivity (Wildman–Crippen MR) is 132 cm³/mol. The number of nitrogens with one attached hydrogen (secondary N) is 1. The molecule has 3 rings (SSSR count). The summed E-state index contributed by atoms with van der Waals surface area (Å²) in [7, 11) is -4.02. The van der Waals surface area contributed by atoms with Gasteiger partial charge in [0.05, 0.1) is 12.5 Å². The number of ether oxygens (including phenoxy) is 1. The van der Waals surface area contributed by atoms with Crippen molar-refractivity contribution in [2.75, 3.05) is 25.0 Å². The number of hydrogen-bond acceptors (Lipinski definition) is 5. The van der Waals surface area contributed by atoms with E-state index < -0.39 is 21.9 Å². The Morgan fingerprint density at radius 1 is 1.06 bits per heavy atom. The highest BCUT2D eigenvalue weighted by Crippen LogP contribution is 2.33. The summed E-state index contributed by atoms with van der Waals surface area (Å²) in [6.07, 6.45) is 1.16. The lowest BCUT2D eigenvalue weighted by Gasteiger charge is -2.31. The number of esters is 1. The lowest BCUT2D eigenvalue weighted by Crippen LogP contribution is -2.44. The molecule has 1 saturated heterocycles. The minimum atomic E-state index is -4.02. The SMILES string of the molecule is CCOC(=O)c1c(S(=O)(=O)N2CCC[C@@H](C(=O)Nc3cc(C)cc(C)c3)C2)c(C)n(CC)c1C. The second-order valence-corrected chi connectivity index (χ2v) is 10.8. The molecular formula is C25H35N3O5S. The van der Waals surface area contributed by atoms with E-state index in [0.29, 0.717) is 43.0 Å². The molecule has 1 fully saturated rings. The Morgan fingerprint density at radius 3 is 2.29 bits per heavy atom. The molecule has 0 saturated carbocycles. The lowest BCUT2D eigenvalue weighted by molar-refractivity contribution is -0.120. The highest BCUT2D eigenvalue weighted by atomic mass is 32.2. The minimum absolute atomic E-state index is 0.0133. The second kappa shape index (κ2) is 10.3. The molecule has 1 N–H and O–H groups in total. The second-order valence-electron chi connectivity index (χ2n) is 8.91. The highest BCUT2D eigenvalue weighted by molar-refractivity contribution is 7.89. The molecule has 34 heavy (non-hydrogen) atoms.